The summed E-state index contributed by atoms with van der Waals surface area (Å²) in [5.41, 5.74) is 3.66. The zero-order valence-electron chi connectivity index (χ0n) is 18.8. The highest BCUT2D eigenvalue weighted by Gasteiger charge is 2.59. The van der Waals surface area contributed by atoms with Crippen molar-refractivity contribution in [1.82, 2.24) is 5.64 Å². The van der Waals surface area contributed by atoms with Crippen LogP contribution in [0.15, 0.2) is 24.8 Å². The molecular formula is C27H47NO2. The fourth-order valence-corrected chi connectivity index (χ4v) is 8.06. The average Bonchev–Trinajstić information content (AvgIpc) is 3.14. The Kier molecular flexibility index (Phi) is 8.26. The maximum Gasteiger partial charge on any atom is 0.0888 e. The Morgan fingerprint density at radius 2 is 1.87 bits per heavy atom. The molecule has 0 aromatic carbocycles. The lowest BCUT2D eigenvalue weighted by Crippen LogP contribution is -2.54. The molecule has 3 heteroatoms. The highest BCUT2D eigenvalue weighted by atomic mass is 16.9. The maximum absolute atomic E-state index is 5.32. The summed E-state index contributed by atoms with van der Waals surface area (Å²) in [4.78, 5) is 10.4. The zero-order chi connectivity index (χ0) is 20.3. The van der Waals surface area contributed by atoms with E-state index in [4.69, 9.17) is 9.68 Å². The summed E-state index contributed by atoms with van der Waals surface area (Å²) in [6.07, 6.45) is 22.6. The Balaban J connectivity index is 0.00000256. The van der Waals surface area contributed by atoms with Gasteiger partial charge in [-0.3, -0.25) is 9.68 Å². The van der Waals surface area contributed by atoms with Crippen molar-refractivity contribution in [2.45, 2.75) is 91.9 Å². The van der Waals surface area contributed by atoms with Gasteiger partial charge in [-0.25, -0.2) is 0 Å². The molecule has 3 nitrogen and oxygen atoms in total. The summed E-state index contributed by atoms with van der Waals surface area (Å²) in [6.45, 7) is 10.1. The van der Waals surface area contributed by atoms with Crippen LogP contribution in [0.2, 0.25) is 0 Å². The molecule has 4 rings (SSSR count). The van der Waals surface area contributed by atoms with Gasteiger partial charge in [0.2, 0.25) is 0 Å². The van der Waals surface area contributed by atoms with E-state index in [9.17, 15) is 0 Å². The molecule has 0 radical (unpaired) electrons. The topological polar surface area (TPSA) is 30.5 Å². The van der Waals surface area contributed by atoms with Gasteiger partial charge in [-0.1, -0.05) is 64.4 Å². The quantitative estimate of drug-likeness (QED) is 0.243. The highest BCUT2D eigenvalue weighted by Crippen LogP contribution is 2.67. The van der Waals surface area contributed by atoms with Crippen molar-refractivity contribution in [2.24, 2.45) is 40.4 Å². The van der Waals surface area contributed by atoms with Gasteiger partial charge < -0.3 is 0 Å². The van der Waals surface area contributed by atoms with Crippen molar-refractivity contribution in [1.29, 1.82) is 0 Å². The van der Waals surface area contributed by atoms with E-state index in [2.05, 4.69) is 38.2 Å². The first kappa shape index (κ1) is 24.0. The number of rotatable bonds is 9. The third-order valence-electron chi connectivity index (χ3n) is 9.52. The molecule has 3 fully saturated rings. The third-order valence-corrected chi connectivity index (χ3v) is 9.52. The van der Waals surface area contributed by atoms with Crippen LogP contribution in [-0.4, -0.2) is 13.2 Å². The smallest absolute Gasteiger partial charge is 0.0888 e. The molecular weight excluding hydrogens is 370 g/mol. The number of nitrogens with one attached hydrogen (secondary N) is 1. The van der Waals surface area contributed by atoms with Crippen LogP contribution in [0.4, 0.5) is 0 Å². The van der Waals surface area contributed by atoms with Crippen molar-refractivity contribution < 1.29 is 9.68 Å². The minimum Gasteiger partial charge on any atom is -0.277 e. The first-order chi connectivity index (χ1) is 14.1. The molecule has 0 aliphatic heterocycles. The average molecular weight is 418 g/mol. The van der Waals surface area contributed by atoms with E-state index in [1.165, 1.54) is 64.2 Å². The molecule has 0 saturated heterocycles. The van der Waals surface area contributed by atoms with Crippen LogP contribution >= 0.6 is 0 Å². The molecule has 0 aromatic rings. The van der Waals surface area contributed by atoms with Gasteiger partial charge in [0.05, 0.1) is 13.2 Å². The van der Waals surface area contributed by atoms with Gasteiger partial charge in [-0.15, -0.1) is 6.58 Å². The fraction of sp³-hybridized carbons (Fsp3) is 0.852. The normalized spacial score (nSPS) is 42.0. The molecule has 4 aliphatic carbocycles. The molecule has 7 atom stereocenters. The van der Waals surface area contributed by atoms with Crippen LogP contribution in [0.1, 0.15) is 91.9 Å². The zero-order valence-corrected chi connectivity index (χ0v) is 18.8. The van der Waals surface area contributed by atoms with Gasteiger partial charge in [-0.05, 0) is 91.8 Å². The monoisotopic (exact) mass is 417 g/mol. The highest BCUT2D eigenvalue weighted by molar-refractivity contribution is 5.19. The van der Waals surface area contributed by atoms with Gasteiger partial charge in [0.15, 0.2) is 0 Å². The summed E-state index contributed by atoms with van der Waals surface area (Å²) in [6, 6.07) is 0. The Hall–Kier alpha value is -0.640. The molecule has 30 heavy (non-hydrogen) atoms. The largest absolute Gasteiger partial charge is 0.277 e. The van der Waals surface area contributed by atoms with E-state index in [0.717, 1.165) is 36.0 Å². The van der Waals surface area contributed by atoms with Crippen LogP contribution in [0, 0.1) is 40.4 Å². The predicted molar refractivity (Wildman–Crippen MR) is 126 cm³/mol. The van der Waals surface area contributed by atoms with Gasteiger partial charge in [-0.2, -0.15) is 0 Å². The van der Waals surface area contributed by atoms with Crippen LogP contribution in [-0.2, 0) is 9.68 Å². The van der Waals surface area contributed by atoms with Crippen LogP contribution < -0.4 is 5.64 Å². The maximum atomic E-state index is 5.32. The van der Waals surface area contributed by atoms with Crippen LogP contribution in [0.25, 0.3) is 0 Å². The number of fused-ring (bicyclic) bond motifs is 5. The Morgan fingerprint density at radius 3 is 2.70 bits per heavy atom. The second-order valence-electron chi connectivity index (χ2n) is 10.9. The third kappa shape index (κ3) is 4.45. The number of unbranched alkanes of at least 4 members (excludes halogenated alkanes) is 1. The molecule has 7 unspecified atom stereocenters. The first-order valence-corrected chi connectivity index (χ1v) is 12.4. The minimum absolute atomic E-state index is 0. The molecule has 0 aromatic heterocycles. The van der Waals surface area contributed by atoms with Crippen molar-refractivity contribution >= 4 is 0 Å². The molecule has 3 saturated carbocycles. The lowest BCUT2D eigenvalue weighted by Gasteiger charge is -2.61. The van der Waals surface area contributed by atoms with Gasteiger partial charge in [0.1, 0.15) is 0 Å². The minimum atomic E-state index is 0. The van der Waals surface area contributed by atoms with Gasteiger partial charge in [0.25, 0.3) is 0 Å². The summed E-state index contributed by atoms with van der Waals surface area (Å²) in [5.74, 6) is 4.44. The first-order valence-electron chi connectivity index (χ1n) is 12.4. The van der Waals surface area contributed by atoms with E-state index >= 15 is 0 Å². The molecule has 0 heterocycles. The molecule has 0 spiro atoms. The van der Waals surface area contributed by atoms with Crippen molar-refractivity contribution in [2.75, 3.05) is 13.2 Å². The van der Waals surface area contributed by atoms with Gasteiger partial charge >= 0.3 is 0 Å². The van der Waals surface area contributed by atoms with Crippen LogP contribution in [0.3, 0.4) is 0 Å². The summed E-state index contributed by atoms with van der Waals surface area (Å²) in [7, 11) is 0. The number of allylic oxidation sites excluding steroid dienone is 2. The van der Waals surface area contributed by atoms with Gasteiger partial charge in [0, 0.05) is 0 Å². The Bertz CT molecular complexity index is 589. The second kappa shape index (κ2) is 10.3. The molecule has 0 amide bonds. The van der Waals surface area contributed by atoms with E-state index in [1.54, 1.807) is 6.08 Å². The number of hydrogen-bond donors (Lipinski definition) is 1. The standard InChI is InChI=1S/C26H43NO2.CH4/c1-4-18-28-27-29-19-8-6-9-20-11-13-23-22(20)12-14-24-25(2)16-7-5-10-21(25)15-17-26(23,24)3;/h4,12,14,20-24,27H,1,5-11,13,15-19H2,2-3H3;1H4. The molecule has 0 bridgehead atoms. The lowest BCUT2D eigenvalue weighted by atomic mass is 9.43. The Morgan fingerprint density at radius 1 is 1.00 bits per heavy atom. The van der Waals surface area contributed by atoms with E-state index < -0.39 is 0 Å². The van der Waals surface area contributed by atoms with Crippen LogP contribution in [0.5, 0.6) is 0 Å². The SMILES string of the molecule is C.C=CCONOCCCCC1CCC2C1C=CC1C3(C)CCCCC3CCC21C. The summed E-state index contributed by atoms with van der Waals surface area (Å²) < 4.78 is 0. The second-order valence-corrected chi connectivity index (χ2v) is 10.9. The van der Waals surface area contributed by atoms with E-state index in [-0.39, 0.29) is 7.43 Å². The molecule has 1 N–H and O–H groups in total. The van der Waals surface area contributed by atoms with E-state index in [0.29, 0.717) is 24.0 Å². The van der Waals surface area contributed by atoms with E-state index in [1.807, 2.05) is 0 Å². The summed E-state index contributed by atoms with van der Waals surface area (Å²) in [5, 5.41) is 0. The fourth-order valence-electron chi connectivity index (χ4n) is 8.06. The van der Waals surface area contributed by atoms with Crippen molar-refractivity contribution in [3.63, 3.8) is 0 Å². The lowest BCUT2D eigenvalue weighted by molar-refractivity contribution is -0.163. The summed E-state index contributed by atoms with van der Waals surface area (Å²) >= 11 is 0. The predicted octanol–water partition coefficient (Wildman–Crippen LogP) is 7.26. The molecule has 172 valence electrons. The Labute approximate surface area is 186 Å². The van der Waals surface area contributed by atoms with Crippen molar-refractivity contribution in [3.05, 3.63) is 24.8 Å². The van der Waals surface area contributed by atoms with Crippen molar-refractivity contribution in [3.8, 4) is 0 Å². The molecule has 4 aliphatic rings. The number of hydrogen-bond acceptors (Lipinski definition) is 3.